The highest BCUT2D eigenvalue weighted by Gasteiger charge is 2.32. The highest BCUT2D eigenvalue weighted by molar-refractivity contribution is 5.27. The zero-order chi connectivity index (χ0) is 13.8. The molecular formula is C18H28O. The minimum absolute atomic E-state index is 0.399. The molecular weight excluding hydrogens is 232 g/mol. The fourth-order valence-electron chi connectivity index (χ4n) is 3.23. The Bertz CT molecular complexity index is 379. The number of benzene rings is 1. The van der Waals surface area contributed by atoms with Crippen molar-refractivity contribution in [3.8, 4) is 5.75 Å². The molecule has 1 aromatic rings. The van der Waals surface area contributed by atoms with Crippen LogP contribution in [0.3, 0.4) is 0 Å². The molecule has 0 saturated heterocycles. The standard InChI is InChI=1S/C18H28O/c1-5-15-7-9-16(10-8-15)19-18-12-14(4)6-11-17(18)13(2)3/h7-10,13-14,17-18H,5-6,11-12H2,1-4H3. The van der Waals surface area contributed by atoms with E-state index < -0.39 is 0 Å². The lowest BCUT2D eigenvalue weighted by molar-refractivity contribution is 0.0460. The van der Waals surface area contributed by atoms with E-state index in [0.29, 0.717) is 17.9 Å². The molecule has 0 N–H and O–H groups in total. The monoisotopic (exact) mass is 260 g/mol. The van der Waals surface area contributed by atoms with Crippen molar-refractivity contribution in [2.24, 2.45) is 17.8 Å². The SMILES string of the molecule is CCc1ccc(OC2CC(C)CCC2C(C)C)cc1. The summed E-state index contributed by atoms with van der Waals surface area (Å²) in [5.41, 5.74) is 1.38. The molecule has 0 radical (unpaired) electrons. The number of aryl methyl sites for hydroxylation is 1. The van der Waals surface area contributed by atoms with E-state index in [-0.39, 0.29) is 0 Å². The second-order valence-corrected chi connectivity index (χ2v) is 6.48. The lowest BCUT2D eigenvalue weighted by atomic mass is 9.75. The first-order chi connectivity index (χ1) is 9.10. The van der Waals surface area contributed by atoms with Gasteiger partial charge < -0.3 is 4.74 Å². The van der Waals surface area contributed by atoms with E-state index in [1.807, 2.05) is 0 Å². The van der Waals surface area contributed by atoms with Crippen LogP contribution in [0.4, 0.5) is 0 Å². The fraction of sp³-hybridized carbons (Fsp3) is 0.667. The van der Waals surface area contributed by atoms with Crippen molar-refractivity contribution in [3.05, 3.63) is 29.8 Å². The van der Waals surface area contributed by atoms with Crippen LogP contribution in [0.5, 0.6) is 5.75 Å². The lowest BCUT2D eigenvalue weighted by Gasteiger charge is -2.37. The van der Waals surface area contributed by atoms with Crippen LogP contribution in [-0.2, 0) is 6.42 Å². The van der Waals surface area contributed by atoms with E-state index in [1.165, 1.54) is 24.8 Å². The van der Waals surface area contributed by atoms with Gasteiger partial charge in [0, 0.05) is 0 Å². The summed E-state index contributed by atoms with van der Waals surface area (Å²) in [6, 6.07) is 8.64. The van der Waals surface area contributed by atoms with Crippen LogP contribution in [-0.4, -0.2) is 6.10 Å². The second-order valence-electron chi connectivity index (χ2n) is 6.48. The van der Waals surface area contributed by atoms with E-state index in [4.69, 9.17) is 4.74 Å². The first-order valence-corrected chi connectivity index (χ1v) is 7.85. The summed E-state index contributed by atoms with van der Waals surface area (Å²) in [6.07, 6.45) is 5.37. The molecule has 19 heavy (non-hydrogen) atoms. The maximum absolute atomic E-state index is 6.30. The number of ether oxygens (including phenoxy) is 1. The summed E-state index contributed by atoms with van der Waals surface area (Å²) in [6.45, 7) is 9.20. The van der Waals surface area contributed by atoms with E-state index >= 15 is 0 Å². The van der Waals surface area contributed by atoms with Gasteiger partial charge in [-0.1, -0.05) is 46.2 Å². The van der Waals surface area contributed by atoms with E-state index in [9.17, 15) is 0 Å². The molecule has 1 nitrogen and oxygen atoms in total. The quantitative estimate of drug-likeness (QED) is 0.732. The molecule has 0 heterocycles. The van der Waals surface area contributed by atoms with Crippen LogP contribution in [0, 0.1) is 17.8 Å². The van der Waals surface area contributed by atoms with Gasteiger partial charge in [0.05, 0.1) is 0 Å². The third kappa shape index (κ3) is 3.75. The van der Waals surface area contributed by atoms with Crippen molar-refractivity contribution in [1.29, 1.82) is 0 Å². The van der Waals surface area contributed by atoms with Crippen molar-refractivity contribution in [2.45, 2.75) is 59.5 Å². The predicted octanol–water partition coefficient (Wildman–Crippen LogP) is 5.09. The summed E-state index contributed by atoms with van der Waals surface area (Å²) in [5, 5.41) is 0. The zero-order valence-corrected chi connectivity index (χ0v) is 12.9. The Labute approximate surface area is 118 Å². The van der Waals surface area contributed by atoms with Crippen LogP contribution in [0.2, 0.25) is 0 Å². The Morgan fingerprint density at radius 2 is 1.84 bits per heavy atom. The molecule has 3 unspecified atom stereocenters. The van der Waals surface area contributed by atoms with Crippen molar-refractivity contribution >= 4 is 0 Å². The molecule has 1 saturated carbocycles. The van der Waals surface area contributed by atoms with Crippen molar-refractivity contribution in [2.75, 3.05) is 0 Å². The largest absolute Gasteiger partial charge is 0.490 e. The molecule has 3 atom stereocenters. The molecule has 0 aromatic heterocycles. The summed E-state index contributed by atoms with van der Waals surface area (Å²) in [5.74, 6) is 3.27. The molecule has 1 aliphatic carbocycles. The molecule has 0 aliphatic heterocycles. The van der Waals surface area contributed by atoms with Crippen LogP contribution >= 0.6 is 0 Å². The molecule has 1 aromatic carbocycles. The normalized spacial score (nSPS) is 27.5. The van der Waals surface area contributed by atoms with Gasteiger partial charge in [-0.2, -0.15) is 0 Å². The number of hydrogen-bond donors (Lipinski definition) is 0. The molecule has 1 heteroatoms. The fourth-order valence-corrected chi connectivity index (χ4v) is 3.23. The lowest BCUT2D eigenvalue weighted by Crippen LogP contribution is -2.36. The number of hydrogen-bond acceptors (Lipinski definition) is 1. The molecule has 2 rings (SSSR count). The zero-order valence-electron chi connectivity index (χ0n) is 12.9. The third-order valence-corrected chi connectivity index (χ3v) is 4.58. The van der Waals surface area contributed by atoms with E-state index in [0.717, 1.165) is 18.1 Å². The van der Waals surface area contributed by atoms with Crippen molar-refractivity contribution < 1.29 is 4.74 Å². The van der Waals surface area contributed by atoms with Crippen LogP contribution in [0.25, 0.3) is 0 Å². The minimum Gasteiger partial charge on any atom is -0.490 e. The van der Waals surface area contributed by atoms with Crippen LogP contribution < -0.4 is 4.74 Å². The summed E-state index contributed by atoms with van der Waals surface area (Å²) in [7, 11) is 0. The van der Waals surface area contributed by atoms with Gasteiger partial charge in [0.1, 0.15) is 11.9 Å². The Balaban J connectivity index is 2.05. The first kappa shape index (κ1) is 14.4. The summed E-state index contributed by atoms with van der Waals surface area (Å²) in [4.78, 5) is 0. The Morgan fingerprint density at radius 3 is 2.42 bits per heavy atom. The highest BCUT2D eigenvalue weighted by Crippen LogP contribution is 2.35. The molecule has 1 fully saturated rings. The Hall–Kier alpha value is -0.980. The van der Waals surface area contributed by atoms with Crippen LogP contribution in [0.1, 0.15) is 52.5 Å². The van der Waals surface area contributed by atoms with Gasteiger partial charge in [0.2, 0.25) is 0 Å². The van der Waals surface area contributed by atoms with Gasteiger partial charge >= 0.3 is 0 Å². The van der Waals surface area contributed by atoms with E-state index in [1.54, 1.807) is 0 Å². The average Bonchev–Trinajstić information content (AvgIpc) is 2.39. The summed E-state index contributed by atoms with van der Waals surface area (Å²) < 4.78 is 6.30. The smallest absolute Gasteiger partial charge is 0.119 e. The average molecular weight is 260 g/mol. The molecule has 1 aliphatic rings. The van der Waals surface area contributed by atoms with E-state index in [2.05, 4.69) is 52.0 Å². The summed E-state index contributed by atoms with van der Waals surface area (Å²) >= 11 is 0. The van der Waals surface area contributed by atoms with Gasteiger partial charge in [-0.3, -0.25) is 0 Å². The molecule has 0 amide bonds. The molecule has 106 valence electrons. The Morgan fingerprint density at radius 1 is 1.16 bits per heavy atom. The minimum atomic E-state index is 0.399. The molecule has 0 spiro atoms. The van der Waals surface area contributed by atoms with Gasteiger partial charge in [-0.15, -0.1) is 0 Å². The maximum Gasteiger partial charge on any atom is 0.119 e. The predicted molar refractivity (Wildman–Crippen MR) is 81.6 cm³/mol. The van der Waals surface area contributed by atoms with Gasteiger partial charge in [-0.25, -0.2) is 0 Å². The number of rotatable bonds is 4. The van der Waals surface area contributed by atoms with Gasteiger partial charge in [0.15, 0.2) is 0 Å². The Kier molecular flexibility index (Phi) is 4.90. The van der Waals surface area contributed by atoms with Gasteiger partial charge in [0.25, 0.3) is 0 Å². The maximum atomic E-state index is 6.30. The van der Waals surface area contributed by atoms with Gasteiger partial charge in [-0.05, 0) is 54.7 Å². The highest BCUT2D eigenvalue weighted by atomic mass is 16.5. The van der Waals surface area contributed by atoms with Crippen LogP contribution in [0.15, 0.2) is 24.3 Å². The first-order valence-electron chi connectivity index (χ1n) is 7.85. The third-order valence-electron chi connectivity index (χ3n) is 4.58. The second kappa shape index (κ2) is 6.45. The van der Waals surface area contributed by atoms with Crippen molar-refractivity contribution in [3.63, 3.8) is 0 Å². The topological polar surface area (TPSA) is 9.23 Å². The van der Waals surface area contributed by atoms with Crippen molar-refractivity contribution in [1.82, 2.24) is 0 Å². The molecule has 0 bridgehead atoms.